The van der Waals surface area contributed by atoms with E-state index in [1.165, 1.54) is 4.70 Å². The molecule has 19 heavy (non-hydrogen) atoms. The van der Waals surface area contributed by atoms with Crippen molar-refractivity contribution in [3.8, 4) is 5.75 Å². The first-order chi connectivity index (χ1) is 9.24. The van der Waals surface area contributed by atoms with Crippen LogP contribution in [0, 0.1) is 0 Å². The van der Waals surface area contributed by atoms with Crippen molar-refractivity contribution in [1.82, 2.24) is 0 Å². The molecule has 0 aliphatic rings. The second kappa shape index (κ2) is 3.86. The molecule has 0 fully saturated rings. The van der Waals surface area contributed by atoms with Crippen LogP contribution < -0.4 is 0 Å². The summed E-state index contributed by atoms with van der Waals surface area (Å²) < 4.78 is 2.32. The molecule has 1 aromatic heterocycles. The summed E-state index contributed by atoms with van der Waals surface area (Å²) in [5.41, 5.74) is 0. The topological polar surface area (TPSA) is 20.2 Å². The predicted molar refractivity (Wildman–Crippen MR) is 83.5 cm³/mol. The molecule has 0 saturated heterocycles. The molecule has 0 aliphatic carbocycles. The van der Waals surface area contributed by atoms with E-state index in [2.05, 4.69) is 6.07 Å². The number of phenolic OH excluding ortho intramolecular Hbond substituents is 1. The van der Waals surface area contributed by atoms with Crippen molar-refractivity contribution in [2.24, 2.45) is 0 Å². The molecule has 1 heterocycles. The van der Waals surface area contributed by atoms with Crippen molar-refractivity contribution < 1.29 is 5.11 Å². The van der Waals surface area contributed by atoms with Crippen molar-refractivity contribution in [2.45, 2.75) is 0 Å². The van der Waals surface area contributed by atoms with Crippen LogP contribution in [0.15, 0.2) is 48.5 Å². The summed E-state index contributed by atoms with van der Waals surface area (Å²) in [5, 5.41) is 15.2. The van der Waals surface area contributed by atoms with Crippen LogP contribution in [0.1, 0.15) is 0 Å². The van der Waals surface area contributed by atoms with E-state index in [1.54, 1.807) is 17.4 Å². The van der Waals surface area contributed by atoms with Crippen molar-refractivity contribution in [2.75, 3.05) is 0 Å². The van der Waals surface area contributed by atoms with E-state index in [0.29, 0.717) is 5.75 Å². The number of rotatable bonds is 0. The van der Waals surface area contributed by atoms with E-state index in [9.17, 15) is 5.11 Å². The second-order valence-electron chi connectivity index (χ2n) is 4.56. The van der Waals surface area contributed by atoms with Gasteiger partial charge in [-0.1, -0.05) is 35.9 Å². The van der Waals surface area contributed by atoms with Crippen LogP contribution in [0.25, 0.3) is 30.9 Å². The highest BCUT2D eigenvalue weighted by Gasteiger charge is 2.11. The summed E-state index contributed by atoms with van der Waals surface area (Å²) >= 11 is 7.76. The summed E-state index contributed by atoms with van der Waals surface area (Å²) in [6, 6.07) is 15.7. The van der Waals surface area contributed by atoms with Crippen molar-refractivity contribution >= 4 is 53.9 Å². The second-order valence-corrected chi connectivity index (χ2v) is 6.08. The SMILES string of the molecule is Oc1cccc2ccc3sc4cc(Cl)ccc4c3c12. The normalized spacial score (nSPS) is 11.6. The number of aromatic hydroxyl groups is 1. The standard InChI is InChI=1S/C16H9ClOS/c17-10-5-6-11-14(8-10)19-13-7-4-9-2-1-3-12(18)15(9)16(11)13/h1-8,18H. The Bertz CT molecular complexity index is 940. The molecule has 3 heteroatoms. The minimum atomic E-state index is 0.331. The first kappa shape index (κ1) is 11.1. The first-order valence-corrected chi connectivity index (χ1v) is 7.16. The number of benzene rings is 3. The van der Waals surface area contributed by atoms with Crippen LogP contribution in [-0.4, -0.2) is 5.11 Å². The van der Waals surface area contributed by atoms with Gasteiger partial charge in [-0.3, -0.25) is 0 Å². The van der Waals surface area contributed by atoms with Gasteiger partial charge in [-0.15, -0.1) is 11.3 Å². The average molecular weight is 285 g/mol. The molecular weight excluding hydrogens is 276 g/mol. The molecular formula is C16H9ClOS. The van der Waals surface area contributed by atoms with Crippen molar-refractivity contribution in [1.29, 1.82) is 0 Å². The first-order valence-electron chi connectivity index (χ1n) is 5.96. The van der Waals surface area contributed by atoms with Gasteiger partial charge in [0.1, 0.15) is 5.75 Å². The molecule has 92 valence electrons. The molecule has 4 aromatic rings. The van der Waals surface area contributed by atoms with Gasteiger partial charge in [0.05, 0.1) is 0 Å². The lowest BCUT2D eigenvalue weighted by molar-refractivity contribution is 0.482. The van der Waals surface area contributed by atoms with Crippen LogP contribution in [0.3, 0.4) is 0 Å². The van der Waals surface area contributed by atoms with Crippen molar-refractivity contribution in [3.63, 3.8) is 0 Å². The molecule has 0 atom stereocenters. The van der Waals surface area contributed by atoms with Gasteiger partial charge in [-0.05, 0) is 29.7 Å². The van der Waals surface area contributed by atoms with Crippen LogP contribution in [-0.2, 0) is 0 Å². The summed E-state index contributed by atoms with van der Waals surface area (Å²) in [5.74, 6) is 0.331. The lowest BCUT2D eigenvalue weighted by atomic mass is 10.0. The Labute approximate surface area is 118 Å². The largest absolute Gasteiger partial charge is 0.507 e. The highest BCUT2D eigenvalue weighted by molar-refractivity contribution is 7.26. The van der Waals surface area contributed by atoms with E-state index in [-0.39, 0.29) is 0 Å². The zero-order chi connectivity index (χ0) is 13.0. The fraction of sp³-hybridized carbons (Fsp3) is 0. The van der Waals surface area contributed by atoms with Crippen molar-refractivity contribution in [3.05, 3.63) is 53.6 Å². The van der Waals surface area contributed by atoms with E-state index in [4.69, 9.17) is 11.6 Å². The Balaban J connectivity index is 2.35. The van der Waals surface area contributed by atoms with Gasteiger partial charge in [0.25, 0.3) is 0 Å². The lowest BCUT2D eigenvalue weighted by Gasteiger charge is -2.03. The number of hydrogen-bond donors (Lipinski definition) is 1. The molecule has 3 aromatic carbocycles. The Morgan fingerprint density at radius 3 is 2.68 bits per heavy atom. The number of thiophene rings is 1. The molecule has 0 saturated carbocycles. The van der Waals surface area contributed by atoms with Crippen LogP contribution in [0.4, 0.5) is 0 Å². The molecule has 0 spiro atoms. The number of hydrogen-bond acceptors (Lipinski definition) is 2. The maximum Gasteiger partial charge on any atom is 0.124 e. The average Bonchev–Trinajstić information content (AvgIpc) is 2.76. The van der Waals surface area contributed by atoms with Crippen LogP contribution in [0.5, 0.6) is 5.75 Å². The van der Waals surface area contributed by atoms with E-state index < -0.39 is 0 Å². The summed E-state index contributed by atoms with van der Waals surface area (Å²) in [6.45, 7) is 0. The Kier molecular flexibility index (Phi) is 2.25. The predicted octanol–water partition coefficient (Wildman–Crippen LogP) is 5.57. The number of halogens is 1. The van der Waals surface area contributed by atoms with Crippen LogP contribution >= 0.6 is 22.9 Å². The third-order valence-corrected chi connectivity index (χ3v) is 4.77. The molecule has 1 N–H and O–H groups in total. The summed E-state index contributed by atoms with van der Waals surface area (Å²) in [6.07, 6.45) is 0. The van der Waals surface area contributed by atoms with Gasteiger partial charge in [-0.2, -0.15) is 0 Å². The highest BCUT2D eigenvalue weighted by atomic mass is 35.5. The Morgan fingerprint density at radius 2 is 1.79 bits per heavy atom. The molecule has 0 bridgehead atoms. The van der Waals surface area contributed by atoms with E-state index in [0.717, 1.165) is 31.3 Å². The van der Waals surface area contributed by atoms with Gasteiger partial charge in [0.2, 0.25) is 0 Å². The monoisotopic (exact) mass is 284 g/mol. The minimum absolute atomic E-state index is 0.331. The maximum atomic E-state index is 10.2. The number of phenols is 1. The molecule has 0 aliphatic heterocycles. The minimum Gasteiger partial charge on any atom is -0.507 e. The molecule has 0 radical (unpaired) electrons. The van der Waals surface area contributed by atoms with E-state index in [1.807, 2.05) is 36.4 Å². The van der Waals surface area contributed by atoms with Gasteiger partial charge in [-0.25, -0.2) is 0 Å². The quantitative estimate of drug-likeness (QED) is 0.448. The molecule has 0 amide bonds. The number of fused-ring (bicyclic) bond motifs is 5. The summed E-state index contributed by atoms with van der Waals surface area (Å²) in [4.78, 5) is 0. The van der Waals surface area contributed by atoms with Gasteiger partial charge >= 0.3 is 0 Å². The van der Waals surface area contributed by atoms with E-state index >= 15 is 0 Å². The third-order valence-electron chi connectivity index (χ3n) is 3.42. The Hall–Kier alpha value is -1.77. The van der Waals surface area contributed by atoms with Gasteiger partial charge in [0.15, 0.2) is 0 Å². The van der Waals surface area contributed by atoms with Crippen LogP contribution in [0.2, 0.25) is 5.02 Å². The fourth-order valence-electron chi connectivity index (χ4n) is 2.60. The fourth-order valence-corrected chi connectivity index (χ4v) is 3.99. The molecule has 0 unspecified atom stereocenters. The van der Waals surface area contributed by atoms with Gasteiger partial charge < -0.3 is 5.11 Å². The highest BCUT2D eigenvalue weighted by Crippen LogP contribution is 2.41. The molecule has 4 rings (SSSR count). The van der Waals surface area contributed by atoms with Gasteiger partial charge in [0, 0.05) is 30.6 Å². The zero-order valence-corrected chi connectivity index (χ0v) is 11.4. The zero-order valence-electron chi connectivity index (χ0n) is 9.85. The third kappa shape index (κ3) is 1.54. The molecule has 1 nitrogen and oxygen atoms in total. The smallest absolute Gasteiger partial charge is 0.124 e. The Morgan fingerprint density at radius 1 is 0.895 bits per heavy atom. The lowest BCUT2D eigenvalue weighted by Crippen LogP contribution is -1.75. The maximum absolute atomic E-state index is 10.2. The summed E-state index contributed by atoms with van der Waals surface area (Å²) in [7, 11) is 0.